The first-order valence-electron chi connectivity index (χ1n) is 5.90. The highest BCUT2D eigenvalue weighted by molar-refractivity contribution is 7.09. The fourth-order valence-electron chi connectivity index (χ4n) is 1.38. The number of carboxylic acids is 1. The molecule has 3 N–H and O–H groups in total. The molecule has 1 aromatic rings. The number of thiophene rings is 1. The van der Waals surface area contributed by atoms with Crippen molar-refractivity contribution in [2.24, 2.45) is 0 Å². The van der Waals surface area contributed by atoms with Crippen molar-refractivity contribution in [3.8, 4) is 0 Å². The number of carbonyl (C=O) groups is 3. The van der Waals surface area contributed by atoms with Gasteiger partial charge in [-0.1, -0.05) is 6.07 Å². The van der Waals surface area contributed by atoms with Crippen molar-refractivity contribution in [3.05, 3.63) is 22.4 Å². The van der Waals surface area contributed by atoms with Crippen LogP contribution in [0, 0.1) is 0 Å². The number of aliphatic carboxylic acids is 1. The number of hydrogen-bond donors (Lipinski definition) is 3. The van der Waals surface area contributed by atoms with Crippen LogP contribution in [-0.2, 0) is 16.1 Å². The van der Waals surface area contributed by atoms with Gasteiger partial charge in [-0.05, 0) is 24.3 Å². The summed E-state index contributed by atoms with van der Waals surface area (Å²) >= 11 is 1.52. The molecule has 1 aromatic heterocycles. The smallest absolute Gasteiger partial charge is 0.321 e. The first kappa shape index (κ1) is 15.2. The van der Waals surface area contributed by atoms with Crippen LogP contribution in [0.2, 0.25) is 0 Å². The number of hydrogen-bond acceptors (Lipinski definition) is 4. The lowest BCUT2D eigenvalue weighted by Gasteiger charge is -2.05. The number of amides is 3. The zero-order valence-electron chi connectivity index (χ0n) is 10.3. The van der Waals surface area contributed by atoms with Crippen molar-refractivity contribution < 1.29 is 19.5 Å². The van der Waals surface area contributed by atoms with Crippen LogP contribution in [0.4, 0.5) is 4.79 Å². The lowest BCUT2D eigenvalue weighted by atomic mass is 10.2. The van der Waals surface area contributed by atoms with E-state index in [2.05, 4.69) is 10.6 Å². The van der Waals surface area contributed by atoms with E-state index in [1.165, 1.54) is 11.3 Å². The maximum atomic E-state index is 11.4. The third-order valence-corrected chi connectivity index (χ3v) is 3.18. The lowest BCUT2D eigenvalue weighted by molar-refractivity contribution is -0.137. The molecule has 0 saturated carbocycles. The molecule has 0 spiro atoms. The number of nitrogens with one attached hydrogen (secondary N) is 2. The van der Waals surface area contributed by atoms with Gasteiger partial charge in [-0.3, -0.25) is 14.9 Å². The van der Waals surface area contributed by atoms with Crippen LogP contribution in [0.3, 0.4) is 0 Å². The Balaban J connectivity index is 2.10. The predicted octanol–water partition coefficient (Wildman–Crippen LogP) is 1.72. The second kappa shape index (κ2) is 8.25. The Labute approximate surface area is 114 Å². The first-order chi connectivity index (χ1) is 9.08. The Morgan fingerprint density at radius 3 is 2.58 bits per heavy atom. The van der Waals surface area contributed by atoms with Crippen molar-refractivity contribution in [2.75, 3.05) is 0 Å². The lowest BCUT2D eigenvalue weighted by Crippen LogP contribution is -2.38. The van der Waals surface area contributed by atoms with E-state index >= 15 is 0 Å². The molecule has 19 heavy (non-hydrogen) atoms. The van der Waals surface area contributed by atoms with Crippen molar-refractivity contribution in [1.82, 2.24) is 10.6 Å². The van der Waals surface area contributed by atoms with Crippen LogP contribution in [0.5, 0.6) is 0 Å². The summed E-state index contributed by atoms with van der Waals surface area (Å²) in [5, 5.41) is 15.1. The summed E-state index contributed by atoms with van der Waals surface area (Å²) in [6, 6.07) is 3.24. The average molecular weight is 284 g/mol. The van der Waals surface area contributed by atoms with Gasteiger partial charge in [-0.25, -0.2) is 4.79 Å². The summed E-state index contributed by atoms with van der Waals surface area (Å²) in [5.74, 6) is -1.27. The van der Waals surface area contributed by atoms with Gasteiger partial charge >= 0.3 is 12.0 Å². The normalized spacial score (nSPS) is 9.89. The Kier molecular flexibility index (Phi) is 6.59. The summed E-state index contributed by atoms with van der Waals surface area (Å²) in [7, 11) is 0. The van der Waals surface area contributed by atoms with E-state index in [1.807, 2.05) is 17.5 Å². The standard InChI is InChI=1S/C12H16N2O4S/c15-10(5-1-2-6-11(16)17)14-12(18)13-8-9-4-3-7-19-9/h3-4,7H,1-2,5-6,8H2,(H,16,17)(H2,13,14,15,18). The first-order valence-corrected chi connectivity index (χ1v) is 6.78. The number of unbranched alkanes of at least 4 members (excludes halogenated alkanes) is 1. The molecule has 0 aliphatic carbocycles. The molecule has 104 valence electrons. The summed E-state index contributed by atoms with van der Waals surface area (Å²) < 4.78 is 0. The van der Waals surface area contributed by atoms with Crippen LogP contribution in [0.1, 0.15) is 30.6 Å². The quantitative estimate of drug-likeness (QED) is 0.664. The van der Waals surface area contributed by atoms with Gasteiger partial charge in [-0.2, -0.15) is 0 Å². The molecule has 1 rings (SSSR count). The van der Waals surface area contributed by atoms with Crippen molar-refractivity contribution in [2.45, 2.75) is 32.2 Å². The molecule has 0 fully saturated rings. The number of urea groups is 1. The van der Waals surface area contributed by atoms with E-state index < -0.39 is 17.9 Å². The largest absolute Gasteiger partial charge is 0.481 e. The molecule has 3 amide bonds. The SMILES string of the molecule is O=C(O)CCCCC(=O)NC(=O)NCc1cccs1. The van der Waals surface area contributed by atoms with Gasteiger partial charge in [0.2, 0.25) is 5.91 Å². The zero-order chi connectivity index (χ0) is 14.1. The fraction of sp³-hybridized carbons (Fsp3) is 0.417. The fourth-order valence-corrected chi connectivity index (χ4v) is 2.02. The maximum Gasteiger partial charge on any atom is 0.321 e. The summed E-state index contributed by atoms with van der Waals surface area (Å²) in [5.41, 5.74) is 0. The Hall–Kier alpha value is -1.89. The third-order valence-electron chi connectivity index (χ3n) is 2.30. The molecule has 6 nitrogen and oxygen atoms in total. The van der Waals surface area contributed by atoms with Crippen molar-refractivity contribution in [3.63, 3.8) is 0 Å². The minimum Gasteiger partial charge on any atom is -0.481 e. The number of imide groups is 1. The van der Waals surface area contributed by atoms with Crippen LogP contribution >= 0.6 is 11.3 Å². The topological polar surface area (TPSA) is 95.5 Å². The number of rotatable bonds is 7. The van der Waals surface area contributed by atoms with E-state index in [9.17, 15) is 14.4 Å². The van der Waals surface area contributed by atoms with E-state index in [-0.39, 0.29) is 12.8 Å². The highest BCUT2D eigenvalue weighted by Gasteiger charge is 2.07. The highest BCUT2D eigenvalue weighted by atomic mass is 32.1. The molecule has 0 aliphatic rings. The number of carbonyl (C=O) groups excluding carboxylic acids is 2. The Morgan fingerprint density at radius 2 is 1.95 bits per heavy atom. The van der Waals surface area contributed by atoms with Crippen molar-refractivity contribution >= 4 is 29.2 Å². The monoisotopic (exact) mass is 284 g/mol. The minimum absolute atomic E-state index is 0.0395. The van der Waals surface area contributed by atoms with E-state index in [0.29, 0.717) is 19.4 Å². The minimum atomic E-state index is -0.880. The molecular formula is C12H16N2O4S. The van der Waals surface area contributed by atoms with Crippen LogP contribution in [0.15, 0.2) is 17.5 Å². The number of carboxylic acid groups (broad SMARTS) is 1. The van der Waals surface area contributed by atoms with E-state index in [1.54, 1.807) is 0 Å². The highest BCUT2D eigenvalue weighted by Crippen LogP contribution is 2.07. The van der Waals surface area contributed by atoms with Gasteiger partial charge < -0.3 is 10.4 Å². The van der Waals surface area contributed by atoms with Gasteiger partial charge in [-0.15, -0.1) is 11.3 Å². The molecule has 0 aliphatic heterocycles. The summed E-state index contributed by atoms with van der Waals surface area (Å²) in [4.78, 5) is 34.0. The van der Waals surface area contributed by atoms with Gasteiger partial charge in [0.15, 0.2) is 0 Å². The van der Waals surface area contributed by atoms with E-state index in [0.717, 1.165) is 4.88 Å². The molecule has 0 radical (unpaired) electrons. The summed E-state index contributed by atoms with van der Waals surface area (Å²) in [6.07, 6.45) is 1.08. The third kappa shape index (κ3) is 7.20. The van der Waals surface area contributed by atoms with Crippen LogP contribution in [-0.4, -0.2) is 23.0 Å². The van der Waals surface area contributed by atoms with Gasteiger partial charge in [0.05, 0.1) is 6.54 Å². The van der Waals surface area contributed by atoms with Crippen LogP contribution < -0.4 is 10.6 Å². The maximum absolute atomic E-state index is 11.4. The molecule has 0 saturated heterocycles. The second-order valence-corrected chi connectivity index (χ2v) is 4.94. The van der Waals surface area contributed by atoms with Gasteiger partial charge in [0, 0.05) is 17.7 Å². The molecule has 0 unspecified atom stereocenters. The van der Waals surface area contributed by atoms with Gasteiger partial charge in [0.1, 0.15) is 0 Å². The molecule has 7 heteroatoms. The molecule has 0 aromatic carbocycles. The Bertz CT molecular complexity index is 431. The molecule has 0 bridgehead atoms. The average Bonchev–Trinajstić information content (AvgIpc) is 2.85. The molecule has 0 atom stereocenters. The molecule has 1 heterocycles. The zero-order valence-corrected chi connectivity index (χ0v) is 11.2. The van der Waals surface area contributed by atoms with E-state index in [4.69, 9.17) is 5.11 Å². The second-order valence-electron chi connectivity index (χ2n) is 3.91. The van der Waals surface area contributed by atoms with Gasteiger partial charge in [0.25, 0.3) is 0 Å². The molecular weight excluding hydrogens is 268 g/mol. The summed E-state index contributed by atoms with van der Waals surface area (Å²) in [6.45, 7) is 0.385. The van der Waals surface area contributed by atoms with Crippen LogP contribution in [0.25, 0.3) is 0 Å². The predicted molar refractivity (Wildman–Crippen MR) is 70.8 cm³/mol. The Morgan fingerprint density at radius 1 is 1.21 bits per heavy atom. The van der Waals surface area contributed by atoms with Crippen molar-refractivity contribution in [1.29, 1.82) is 0 Å².